The van der Waals surface area contributed by atoms with E-state index in [-0.39, 0.29) is 24.8 Å². The number of carboxylic acid groups (broad SMARTS) is 1. The second kappa shape index (κ2) is 5.97. The maximum atomic E-state index is 13.3. The Bertz CT molecular complexity index is 463. The molecule has 0 bridgehead atoms. The summed E-state index contributed by atoms with van der Waals surface area (Å²) in [6.07, 6.45) is 2.19. The molecular formula is C13H15F2NO3. The van der Waals surface area contributed by atoms with Crippen molar-refractivity contribution in [2.24, 2.45) is 0 Å². The van der Waals surface area contributed by atoms with Crippen LogP contribution in [0.1, 0.15) is 19.3 Å². The lowest BCUT2D eigenvalue weighted by atomic mass is 10.2. The van der Waals surface area contributed by atoms with E-state index < -0.39 is 23.6 Å². The van der Waals surface area contributed by atoms with Crippen LogP contribution in [-0.2, 0) is 4.79 Å². The molecule has 1 atom stereocenters. The number of rotatable bonds is 7. The molecule has 1 aromatic carbocycles. The van der Waals surface area contributed by atoms with Gasteiger partial charge in [0.05, 0.1) is 6.61 Å². The molecule has 0 aromatic heterocycles. The van der Waals surface area contributed by atoms with Crippen LogP contribution in [0.5, 0.6) is 5.75 Å². The van der Waals surface area contributed by atoms with E-state index in [4.69, 9.17) is 9.84 Å². The average molecular weight is 271 g/mol. The van der Waals surface area contributed by atoms with Gasteiger partial charge in [0.1, 0.15) is 11.9 Å². The minimum absolute atomic E-state index is 0.0548. The van der Waals surface area contributed by atoms with Gasteiger partial charge in [0.2, 0.25) is 0 Å². The van der Waals surface area contributed by atoms with Gasteiger partial charge in [-0.1, -0.05) is 0 Å². The minimum atomic E-state index is -0.949. The van der Waals surface area contributed by atoms with Gasteiger partial charge < -0.3 is 15.2 Å². The second-order valence-corrected chi connectivity index (χ2v) is 4.54. The second-order valence-electron chi connectivity index (χ2n) is 4.54. The molecule has 6 heteroatoms. The van der Waals surface area contributed by atoms with E-state index in [0.717, 1.165) is 25.0 Å². The number of aliphatic carboxylic acids is 1. The monoisotopic (exact) mass is 271 g/mol. The normalized spacial score (nSPS) is 16.1. The maximum absolute atomic E-state index is 13.3. The average Bonchev–Trinajstić information content (AvgIpc) is 3.14. The quantitative estimate of drug-likeness (QED) is 0.795. The van der Waals surface area contributed by atoms with Crippen molar-refractivity contribution in [3.8, 4) is 5.75 Å². The highest BCUT2D eigenvalue weighted by molar-refractivity contribution is 5.73. The fourth-order valence-electron chi connectivity index (χ4n) is 1.69. The van der Waals surface area contributed by atoms with Gasteiger partial charge in [-0.05, 0) is 25.0 Å². The first-order valence-electron chi connectivity index (χ1n) is 6.13. The summed E-state index contributed by atoms with van der Waals surface area (Å²) in [5.41, 5.74) is 0. The summed E-state index contributed by atoms with van der Waals surface area (Å²) in [4.78, 5) is 11.0. The molecule has 1 saturated carbocycles. The molecule has 0 radical (unpaired) electrons. The first-order chi connectivity index (χ1) is 9.06. The Kier molecular flexibility index (Phi) is 4.31. The van der Waals surface area contributed by atoms with Gasteiger partial charge in [-0.2, -0.15) is 0 Å². The van der Waals surface area contributed by atoms with Crippen molar-refractivity contribution in [2.75, 3.05) is 6.61 Å². The van der Waals surface area contributed by atoms with Crippen LogP contribution in [0, 0.1) is 11.6 Å². The number of carbonyl (C=O) groups is 1. The maximum Gasteiger partial charge on any atom is 0.320 e. The molecule has 0 spiro atoms. The summed E-state index contributed by atoms with van der Waals surface area (Å²) in [5, 5.41) is 12.0. The summed E-state index contributed by atoms with van der Waals surface area (Å²) in [6, 6.07) is 2.58. The highest BCUT2D eigenvalue weighted by atomic mass is 19.1. The molecule has 1 aliphatic rings. The zero-order chi connectivity index (χ0) is 13.8. The van der Waals surface area contributed by atoms with Crippen molar-refractivity contribution in [3.63, 3.8) is 0 Å². The first kappa shape index (κ1) is 13.7. The van der Waals surface area contributed by atoms with E-state index >= 15 is 0 Å². The smallest absolute Gasteiger partial charge is 0.320 e. The fourth-order valence-corrected chi connectivity index (χ4v) is 1.69. The molecule has 0 heterocycles. The highest BCUT2D eigenvalue weighted by Gasteiger charge is 2.28. The Hall–Kier alpha value is -1.69. The Labute approximate surface area is 109 Å². The van der Waals surface area contributed by atoms with Gasteiger partial charge in [-0.15, -0.1) is 0 Å². The molecule has 1 fully saturated rings. The van der Waals surface area contributed by atoms with Crippen molar-refractivity contribution in [2.45, 2.75) is 31.3 Å². The molecule has 4 nitrogen and oxygen atoms in total. The molecule has 19 heavy (non-hydrogen) atoms. The summed E-state index contributed by atoms with van der Waals surface area (Å²) in [5.74, 6) is -2.49. The Morgan fingerprint density at radius 2 is 2.21 bits per heavy atom. The van der Waals surface area contributed by atoms with Crippen LogP contribution < -0.4 is 10.1 Å². The molecule has 0 amide bonds. The number of carboxylic acids is 1. The van der Waals surface area contributed by atoms with Gasteiger partial charge >= 0.3 is 5.97 Å². The number of halogens is 2. The zero-order valence-corrected chi connectivity index (χ0v) is 10.2. The van der Waals surface area contributed by atoms with Crippen molar-refractivity contribution >= 4 is 5.97 Å². The Balaban J connectivity index is 1.82. The molecular weight excluding hydrogens is 256 g/mol. The van der Waals surface area contributed by atoms with Crippen LogP contribution in [0.2, 0.25) is 0 Å². The van der Waals surface area contributed by atoms with Crippen LogP contribution >= 0.6 is 0 Å². The van der Waals surface area contributed by atoms with Crippen molar-refractivity contribution in [1.29, 1.82) is 0 Å². The number of hydrogen-bond donors (Lipinski definition) is 2. The summed E-state index contributed by atoms with van der Waals surface area (Å²) in [7, 11) is 0. The third kappa shape index (κ3) is 4.17. The topological polar surface area (TPSA) is 58.6 Å². The number of hydrogen-bond acceptors (Lipinski definition) is 3. The highest BCUT2D eigenvalue weighted by Crippen LogP contribution is 2.21. The first-order valence-corrected chi connectivity index (χ1v) is 6.13. The van der Waals surface area contributed by atoms with E-state index in [1.807, 2.05) is 0 Å². The van der Waals surface area contributed by atoms with E-state index in [0.29, 0.717) is 0 Å². The molecule has 104 valence electrons. The lowest BCUT2D eigenvalue weighted by molar-refractivity contribution is -0.139. The largest absolute Gasteiger partial charge is 0.490 e. The third-order valence-electron chi connectivity index (χ3n) is 2.87. The summed E-state index contributed by atoms with van der Waals surface area (Å²) >= 11 is 0. The summed E-state index contributed by atoms with van der Waals surface area (Å²) < 4.78 is 31.1. The standard InChI is InChI=1S/C13H15F2NO3/c14-8-1-4-12(10(15)7-8)19-6-5-11(13(17)18)16-9-2-3-9/h1,4,7,9,11,16H,2-3,5-6H2,(H,17,18). The van der Waals surface area contributed by atoms with Gasteiger partial charge in [-0.25, -0.2) is 8.78 Å². The molecule has 1 unspecified atom stereocenters. The molecule has 1 aromatic rings. The van der Waals surface area contributed by atoms with Crippen molar-refractivity contribution in [3.05, 3.63) is 29.8 Å². The van der Waals surface area contributed by atoms with Gasteiger partial charge in [-0.3, -0.25) is 4.79 Å². The summed E-state index contributed by atoms with van der Waals surface area (Å²) in [6.45, 7) is 0.0548. The predicted octanol–water partition coefficient (Wildman–Crippen LogP) is 1.94. The van der Waals surface area contributed by atoms with Crippen LogP contribution in [-0.4, -0.2) is 29.8 Å². The SMILES string of the molecule is O=C(O)C(CCOc1ccc(F)cc1F)NC1CC1. The molecule has 0 saturated heterocycles. The van der Waals surface area contributed by atoms with Gasteiger partial charge in [0, 0.05) is 18.5 Å². The number of benzene rings is 1. The lowest BCUT2D eigenvalue weighted by Gasteiger charge is -2.14. The number of nitrogens with one attached hydrogen (secondary N) is 1. The predicted molar refractivity (Wildman–Crippen MR) is 64.1 cm³/mol. The molecule has 2 N–H and O–H groups in total. The zero-order valence-electron chi connectivity index (χ0n) is 10.2. The van der Waals surface area contributed by atoms with E-state index in [1.165, 1.54) is 6.07 Å². The van der Waals surface area contributed by atoms with Crippen molar-refractivity contribution < 1.29 is 23.4 Å². The Morgan fingerprint density at radius 3 is 2.79 bits per heavy atom. The van der Waals surface area contributed by atoms with Gasteiger partial charge in [0.15, 0.2) is 11.6 Å². The fraction of sp³-hybridized carbons (Fsp3) is 0.462. The molecule has 1 aliphatic carbocycles. The molecule has 0 aliphatic heterocycles. The van der Waals surface area contributed by atoms with Crippen LogP contribution in [0.25, 0.3) is 0 Å². The van der Waals surface area contributed by atoms with E-state index in [2.05, 4.69) is 5.32 Å². The minimum Gasteiger partial charge on any atom is -0.490 e. The van der Waals surface area contributed by atoms with Crippen LogP contribution in [0.4, 0.5) is 8.78 Å². The van der Waals surface area contributed by atoms with E-state index in [9.17, 15) is 13.6 Å². The van der Waals surface area contributed by atoms with Crippen LogP contribution in [0.15, 0.2) is 18.2 Å². The van der Waals surface area contributed by atoms with Crippen LogP contribution in [0.3, 0.4) is 0 Å². The number of ether oxygens (including phenoxy) is 1. The Morgan fingerprint density at radius 1 is 1.47 bits per heavy atom. The van der Waals surface area contributed by atoms with E-state index in [1.54, 1.807) is 0 Å². The van der Waals surface area contributed by atoms with Crippen molar-refractivity contribution in [1.82, 2.24) is 5.32 Å². The molecule has 2 rings (SSSR count). The lowest BCUT2D eigenvalue weighted by Crippen LogP contribution is -2.39. The van der Waals surface area contributed by atoms with Gasteiger partial charge in [0.25, 0.3) is 0 Å². The third-order valence-corrected chi connectivity index (χ3v) is 2.87.